The van der Waals surface area contributed by atoms with E-state index < -0.39 is 0 Å². The van der Waals surface area contributed by atoms with Crippen molar-refractivity contribution in [2.75, 3.05) is 18.4 Å². The molecule has 3 aromatic rings. The first-order valence-corrected chi connectivity index (χ1v) is 11.3. The van der Waals surface area contributed by atoms with Crippen LogP contribution < -0.4 is 5.32 Å². The van der Waals surface area contributed by atoms with E-state index in [4.69, 9.17) is 4.74 Å². The quantitative estimate of drug-likeness (QED) is 0.559. The molecule has 2 aromatic carbocycles. The predicted octanol–water partition coefficient (Wildman–Crippen LogP) is 4.56. The molecule has 0 radical (unpaired) electrons. The van der Waals surface area contributed by atoms with E-state index in [1.54, 1.807) is 10.9 Å². The van der Waals surface area contributed by atoms with Crippen molar-refractivity contribution in [2.45, 2.75) is 39.1 Å². The number of anilines is 1. The minimum absolute atomic E-state index is 0.142. The summed E-state index contributed by atoms with van der Waals surface area (Å²) in [7, 11) is 0. The van der Waals surface area contributed by atoms with Crippen LogP contribution in [0, 0.1) is 0 Å². The number of aromatic nitrogens is 2. The summed E-state index contributed by atoms with van der Waals surface area (Å²) >= 11 is 3.49. The Kier molecular flexibility index (Phi) is 6.85. The van der Waals surface area contributed by atoms with E-state index in [0.29, 0.717) is 17.9 Å². The number of halogens is 1. The van der Waals surface area contributed by atoms with E-state index in [1.807, 2.05) is 54.6 Å². The van der Waals surface area contributed by atoms with Crippen molar-refractivity contribution >= 4 is 27.7 Å². The third-order valence-electron chi connectivity index (χ3n) is 5.30. The molecule has 0 spiro atoms. The standard InChI is InChI=1S/C24H27BrN4O2/c1-17-13-28(14-18(2)31-17)15-19-6-8-21(9-7-19)24(30)27-23-10-11-26-29(23)16-20-4-3-5-22(25)12-20/h3-12,17-18H,13-16H2,1-2H3,(H,27,30). The number of carbonyl (C=O) groups excluding carboxylic acids is 1. The van der Waals surface area contributed by atoms with Crippen LogP contribution in [-0.2, 0) is 17.8 Å². The summed E-state index contributed by atoms with van der Waals surface area (Å²) in [6, 6.07) is 17.7. The van der Waals surface area contributed by atoms with Crippen LogP contribution in [0.3, 0.4) is 0 Å². The van der Waals surface area contributed by atoms with Gasteiger partial charge in [-0.1, -0.05) is 40.2 Å². The highest BCUT2D eigenvalue weighted by atomic mass is 79.9. The smallest absolute Gasteiger partial charge is 0.256 e. The van der Waals surface area contributed by atoms with Crippen LogP contribution in [0.2, 0.25) is 0 Å². The van der Waals surface area contributed by atoms with Gasteiger partial charge in [0.2, 0.25) is 0 Å². The molecule has 0 aliphatic carbocycles. The van der Waals surface area contributed by atoms with Gasteiger partial charge in [0.25, 0.3) is 5.91 Å². The zero-order valence-corrected chi connectivity index (χ0v) is 19.4. The predicted molar refractivity (Wildman–Crippen MR) is 125 cm³/mol. The number of morpholine rings is 1. The van der Waals surface area contributed by atoms with Crippen molar-refractivity contribution in [1.82, 2.24) is 14.7 Å². The first kappa shape index (κ1) is 21.7. The Hall–Kier alpha value is -2.48. The highest BCUT2D eigenvalue weighted by molar-refractivity contribution is 9.10. The van der Waals surface area contributed by atoms with Crippen LogP contribution >= 0.6 is 15.9 Å². The summed E-state index contributed by atoms with van der Waals surface area (Å²) in [5.41, 5.74) is 2.92. The van der Waals surface area contributed by atoms with Gasteiger partial charge < -0.3 is 10.1 Å². The molecule has 6 nitrogen and oxygen atoms in total. The molecule has 4 rings (SSSR count). The number of carbonyl (C=O) groups is 1. The van der Waals surface area contributed by atoms with E-state index in [0.717, 1.165) is 29.7 Å². The zero-order chi connectivity index (χ0) is 21.8. The molecule has 0 saturated carbocycles. The number of amides is 1. The van der Waals surface area contributed by atoms with Crippen LogP contribution in [0.25, 0.3) is 0 Å². The summed E-state index contributed by atoms with van der Waals surface area (Å²) in [6.45, 7) is 7.51. The molecule has 1 aliphatic heterocycles. The fourth-order valence-corrected chi connectivity index (χ4v) is 4.44. The van der Waals surface area contributed by atoms with Crippen molar-refractivity contribution in [3.63, 3.8) is 0 Å². The Morgan fingerprint density at radius 2 is 1.81 bits per heavy atom. The summed E-state index contributed by atoms with van der Waals surface area (Å²) in [6.07, 6.45) is 2.19. The molecule has 1 aliphatic rings. The van der Waals surface area contributed by atoms with Gasteiger partial charge in [-0.15, -0.1) is 0 Å². The normalized spacial score (nSPS) is 19.3. The van der Waals surface area contributed by atoms with Gasteiger partial charge in [0.05, 0.1) is 24.9 Å². The van der Waals surface area contributed by atoms with E-state index in [2.05, 4.69) is 45.1 Å². The monoisotopic (exact) mass is 482 g/mol. The van der Waals surface area contributed by atoms with Gasteiger partial charge in [0.1, 0.15) is 5.82 Å². The number of hydrogen-bond donors (Lipinski definition) is 1. The van der Waals surface area contributed by atoms with Crippen molar-refractivity contribution in [2.24, 2.45) is 0 Å². The Balaban J connectivity index is 1.38. The average molecular weight is 483 g/mol. The Morgan fingerprint density at radius 3 is 2.52 bits per heavy atom. The van der Waals surface area contributed by atoms with Gasteiger partial charge in [-0.3, -0.25) is 9.69 Å². The lowest BCUT2D eigenvalue weighted by molar-refractivity contribution is -0.0704. The topological polar surface area (TPSA) is 59.4 Å². The molecule has 2 heterocycles. The molecule has 1 amide bonds. The van der Waals surface area contributed by atoms with Gasteiger partial charge >= 0.3 is 0 Å². The van der Waals surface area contributed by atoms with Crippen molar-refractivity contribution < 1.29 is 9.53 Å². The van der Waals surface area contributed by atoms with Crippen LogP contribution in [-0.4, -0.2) is 45.9 Å². The molecule has 1 N–H and O–H groups in total. The molecule has 1 saturated heterocycles. The van der Waals surface area contributed by atoms with Gasteiger partial charge in [0.15, 0.2) is 0 Å². The molecule has 1 fully saturated rings. The van der Waals surface area contributed by atoms with Crippen LogP contribution in [0.5, 0.6) is 0 Å². The van der Waals surface area contributed by atoms with E-state index >= 15 is 0 Å². The van der Waals surface area contributed by atoms with Gasteiger partial charge in [0, 0.05) is 35.7 Å². The average Bonchev–Trinajstić information content (AvgIpc) is 3.14. The minimum atomic E-state index is -0.142. The third-order valence-corrected chi connectivity index (χ3v) is 5.79. The first-order valence-electron chi connectivity index (χ1n) is 10.5. The van der Waals surface area contributed by atoms with E-state index in [1.165, 1.54) is 5.56 Å². The molecular weight excluding hydrogens is 456 g/mol. The van der Waals surface area contributed by atoms with Gasteiger partial charge in [-0.05, 0) is 49.2 Å². The highest BCUT2D eigenvalue weighted by Gasteiger charge is 2.22. The minimum Gasteiger partial charge on any atom is -0.373 e. The van der Waals surface area contributed by atoms with Crippen LogP contribution in [0.15, 0.2) is 65.3 Å². The molecule has 7 heteroatoms. The lowest BCUT2D eigenvalue weighted by Gasteiger charge is -2.35. The summed E-state index contributed by atoms with van der Waals surface area (Å²) in [5, 5.41) is 7.33. The maximum atomic E-state index is 12.8. The second-order valence-corrected chi connectivity index (χ2v) is 9.02. The SMILES string of the molecule is CC1CN(Cc2ccc(C(=O)Nc3ccnn3Cc3cccc(Br)c3)cc2)CC(C)O1. The number of benzene rings is 2. The van der Waals surface area contributed by atoms with Crippen molar-refractivity contribution in [3.8, 4) is 0 Å². The fraction of sp³-hybridized carbons (Fsp3) is 0.333. The second kappa shape index (κ2) is 9.77. The van der Waals surface area contributed by atoms with Crippen LogP contribution in [0.4, 0.5) is 5.82 Å². The third kappa shape index (κ3) is 5.81. The van der Waals surface area contributed by atoms with Crippen LogP contribution in [0.1, 0.15) is 35.3 Å². The largest absolute Gasteiger partial charge is 0.373 e. The number of rotatable bonds is 6. The number of ether oxygens (including phenoxy) is 1. The Labute approximate surface area is 191 Å². The molecular formula is C24H27BrN4O2. The molecule has 1 aromatic heterocycles. The Bertz CT molecular complexity index is 1020. The number of hydrogen-bond acceptors (Lipinski definition) is 4. The first-order chi connectivity index (χ1) is 15.0. The molecule has 31 heavy (non-hydrogen) atoms. The van der Waals surface area contributed by atoms with E-state index in [-0.39, 0.29) is 18.1 Å². The molecule has 162 valence electrons. The highest BCUT2D eigenvalue weighted by Crippen LogP contribution is 2.17. The maximum Gasteiger partial charge on any atom is 0.256 e. The molecule has 2 atom stereocenters. The molecule has 2 unspecified atom stereocenters. The maximum absolute atomic E-state index is 12.8. The second-order valence-electron chi connectivity index (χ2n) is 8.11. The van der Waals surface area contributed by atoms with Gasteiger partial charge in [-0.25, -0.2) is 4.68 Å². The molecule has 0 bridgehead atoms. The summed E-state index contributed by atoms with van der Waals surface area (Å²) in [4.78, 5) is 15.2. The Morgan fingerprint density at radius 1 is 1.06 bits per heavy atom. The van der Waals surface area contributed by atoms with Gasteiger partial charge in [-0.2, -0.15) is 5.10 Å². The number of nitrogens with zero attached hydrogens (tertiary/aromatic N) is 3. The lowest BCUT2D eigenvalue weighted by Crippen LogP contribution is -2.44. The van der Waals surface area contributed by atoms with Crippen molar-refractivity contribution in [3.05, 3.63) is 82.0 Å². The summed E-state index contributed by atoms with van der Waals surface area (Å²) < 4.78 is 8.61. The van der Waals surface area contributed by atoms with Crippen molar-refractivity contribution in [1.29, 1.82) is 0 Å². The zero-order valence-electron chi connectivity index (χ0n) is 17.8. The fourth-order valence-electron chi connectivity index (χ4n) is 3.99. The lowest BCUT2D eigenvalue weighted by atomic mass is 10.1. The van der Waals surface area contributed by atoms with E-state index in [9.17, 15) is 4.79 Å². The number of nitrogens with one attached hydrogen (secondary N) is 1. The summed E-state index contributed by atoms with van der Waals surface area (Å²) in [5.74, 6) is 0.529.